The van der Waals surface area contributed by atoms with E-state index in [1.807, 2.05) is 6.07 Å². The quantitative estimate of drug-likeness (QED) is 0.824. The number of hydrogen-bond acceptors (Lipinski definition) is 4. The highest BCUT2D eigenvalue weighted by Gasteiger charge is 2.42. The highest BCUT2D eigenvalue weighted by Crippen LogP contribution is 2.40. The Kier molecular flexibility index (Phi) is 4.66. The fraction of sp³-hybridized carbons (Fsp3) is 0.647. The van der Waals surface area contributed by atoms with E-state index >= 15 is 0 Å². The van der Waals surface area contributed by atoms with E-state index in [4.69, 9.17) is 5.11 Å². The minimum absolute atomic E-state index is 0.0837. The topological polar surface area (TPSA) is 43.7 Å². The molecule has 2 atom stereocenters. The van der Waals surface area contributed by atoms with Crippen molar-refractivity contribution in [1.82, 2.24) is 4.90 Å². The largest absolute Gasteiger partial charge is 0.390 e. The zero-order valence-corrected chi connectivity index (χ0v) is 13.2. The molecular formula is C17H23NO2S. The van der Waals surface area contributed by atoms with Crippen LogP contribution >= 0.6 is 11.3 Å². The zero-order chi connectivity index (χ0) is 14.7. The Bertz CT molecular complexity index is 544. The Labute approximate surface area is 130 Å². The summed E-state index contributed by atoms with van der Waals surface area (Å²) in [6.45, 7) is 2.88. The molecule has 21 heavy (non-hydrogen) atoms. The maximum Gasteiger partial charge on any atom is 0.104 e. The fourth-order valence-corrected chi connectivity index (χ4v) is 4.59. The summed E-state index contributed by atoms with van der Waals surface area (Å²) in [5.41, 5.74) is -0.387. The van der Waals surface area contributed by atoms with Crippen LogP contribution in [0.25, 0.3) is 0 Å². The van der Waals surface area contributed by atoms with Crippen molar-refractivity contribution in [2.75, 3.05) is 19.7 Å². The zero-order valence-electron chi connectivity index (χ0n) is 12.3. The van der Waals surface area contributed by atoms with E-state index in [0.717, 1.165) is 37.4 Å². The lowest BCUT2D eigenvalue weighted by molar-refractivity contribution is -0.0966. The molecule has 2 heterocycles. The van der Waals surface area contributed by atoms with Crippen LogP contribution in [0.15, 0.2) is 12.1 Å². The van der Waals surface area contributed by atoms with Crippen LogP contribution in [0.5, 0.6) is 0 Å². The number of thiophene rings is 1. The van der Waals surface area contributed by atoms with Gasteiger partial charge in [0, 0.05) is 30.4 Å². The van der Waals surface area contributed by atoms with Crippen LogP contribution in [0.3, 0.4) is 0 Å². The number of aliphatic hydroxyl groups is 2. The molecular weight excluding hydrogens is 282 g/mol. The second-order valence-corrected chi connectivity index (χ2v) is 7.43. The van der Waals surface area contributed by atoms with E-state index in [2.05, 4.69) is 22.8 Å². The van der Waals surface area contributed by atoms with Gasteiger partial charge in [0.1, 0.15) is 6.61 Å². The first-order chi connectivity index (χ1) is 10.2. The summed E-state index contributed by atoms with van der Waals surface area (Å²) in [5.74, 6) is 6.11. The molecule has 1 aliphatic carbocycles. The van der Waals surface area contributed by atoms with Crippen LogP contribution in [0, 0.1) is 17.8 Å². The van der Waals surface area contributed by atoms with Gasteiger partial charge >= 0.3 is 0 Å². The molecule has 0 amide bonds. The van der Waals surface area contributed by atoms with Crippen molar-refractivity contribution in [3.63, 3.8) is 0 Å². The van der Waals surface area contributed by atoms with Crippen molar-refractivity contribution < 1.29 is 10.2 Å². The summed E-state index contributed by atoms with van der Waals surface area (Å²) >= 11 is 1.71. The minimum Gasteiger partial charge on any atom is -0.390 e. The molecule has 2 unspecified atom stereocenters. The summed E-state index contributed by atoms with van der Waals surface area (Å²) in [7, 11) is 0. The van der Waals surface area contributed by atoms with Gasteiger partial charge in [-0.25, -0.2) is 0 Å². The molecule has 0 spiro atoms. The third-order valence-electron chi connectivity index (χ3n) is 4.84. The van der Waals surface area contributed by atoms with Gasteiger partial charge in [0.2, 0.25) is 0 Å². The van der Waals surface area contributed by atoms with Gasteiger partial charge in [0.05, 0.1) is 10.5 Å². The first-order valence-corrected chi connectivity index (χ1v) is 8.64. The highest BCUT2D eigenvalue weighted by molar-refractivity contribution is 7.12. The van der Waals surface area contributed by atoms with E-state index < -0.39 is 0 Å². The maximum atomic E-state index is 10.7. The van der Waals surface area contributed by atoms with Crippen molar-refractivity contribution in [3.8, 4) is 11.8 Å². The first-order valence-electron chi connectivity index (χ1n) is 7.83. The number of hydrogen-bond donors (Lipinski definition) is 2. The molecule has 1 saturated carbocycles. The predicted octanol–water partition coefficient (Wildman–Crippen LogP) is 2.22. The molecule has 0 aromatic carbocycles. The first kappa shape index (κ1) is 15.1. The molecule has 1 aliphatic heterocycles. The summed E-state index contributed by atoms with van der Waals surface area (Å²) in [5, 5.41) is 19.4. The molecule has 0 bridgehead atoms. The van der Waals surface area contributed by atoms with Gasteiger partial charge < -0.3 is 10.2 Å². The Morgan fingerprint density at radius 3 is 3.10 bits per heavy atom. The monoisotopic (exact) mass is 305 g/mol. The van der Waals surface area contributed by atoms with Crippen molar-refractivity contribution in [1.29, 1.82) is 0 Å². The molecule has 2 N–H and O–H groups in total. The van der Waals surface area contributed by atoms with Gasteiger partial charge in [-0.05, 0) is 31.4 Å². The Morgan fingerprint density at radius 2 is 2.24 bits per heavy atom. The average molecular weight is 305 g/mol. The second-order valence-electron chi connectivity index (χ2n) is 6.26. The van der Waals surface area contributed by atoms with Crippen LogP contribution in [-0.4, -0.2) is 40.4 Å². The van der Waals surface area contributed by atoms with Crippen molar-refractivity contribution >= 4 is 11.3 Å². The van der Waals surface area contributed by atoms with Crippen molar-refractivity contribution in [2.45, 2.75) is 44.2 Å². The lowest BCUT2D eigenvalue weighted by Crippen LogP contribution is -2.52. The van der Waals surface area contributed by atoms with E-state index in [1.165, 1.54) is 24.1 Å². The van der Waals surface area contributed by atoms with Gasteiger partial charge in [-0.15, -0.1) is 11.3 Å². The van der Waals surface area contributed by atoms with Gasteiger partial charge in [-0.2, -0.15) is 0 Å². The summed E-state index contributed by atoms with van der Waals surface area (Å²) in [6.07, 6.45) is 5.53. The third kappa shape index (κ3) is 3.49. The van der Waals surface area contributed by atoms with E-state index in [9.17, 15) is 5.11 Å². The summed E-state index contributed by atoms with van der Waals surface area (Å²) in [6, 6.07) is 4.16. The average Bonchev–Trinajstić information content (AvgIpc) is 2.93. The Hall–Kier alpha value is -0.860. The van der Waals surface area contributed by atoms with E-state index in [1.54, 1.807) is 11.3 Å². The predicted molar refractivity (Wildman–Crippen MR) is 85.1 cm³/mol. The number of aliphatic hydroxyl groups excluding tert-OH is 1. The van der Waals surface area contributed by atoms with Crippen LogP contribution in [0.4, 0.5) is 0 Å². The maximum absolute atomic E-state index is 10.7. The molecule has 114 valence electrons. The molecule has 2 fully saturated rings. The molecule has 2 aliphatic rings. The summed E-state index contributed by atoms with van der Waals surface area (Å²) in [4.78, 5) is 4.81. The second kappa shape index (κ2) is 6.50. The standard InChI is InChI=1S/C17H23NO2S/c19-11-3-5-15-6-7-16(21-15)13-18-10-9-17(20)8-2-1-4-14(17)12-18/h6-7,14,19-20H,1-2,4,8-13H2. The molecule has 1 aromatic rings. The van der Waals surface area contributed by atoms with Crippen LogP contribution in [0.1, 0.15) is 41.9 Å². The van der Waals surface area contributed by atoms with E-state index in [-0.39, 0.29) is 12.2 Å². The van der Waals surface area contributed by atoms with Gasteiger partial charge in [0.25, 0.3) is 0 Å². The number of piperidine rings is 1. The summed E-state index contributed by atoms with van der Waals surface area (Å²) < 4.78 is 0. The molecule has 0 radical (unpaired) electrons. The van der Waals surface area contributed by atoms with Gasteiger partial charge in [-0.3, -0.25) is 4.90 Å². The van der Waals surface area contributed by atoms with Crippen molar-refractivity contribution in [2.24, 2.45) is 5.92 Å². The number of rotatable bonds is 2. The normalized spacial score (nSPS) is 29.5. The van der Waals surface area contributed by atoms with Crippen LogP contribution in [-0.2, 0) is 6.54 Å². The minimum atomic E-state index is -0.387. The van der Waals surface area contributed by atoms with Gasteiger partial charge in [0.15, 0.2) is 0 Å². The Balaban J connectivity index is 1.60. The molecule has 3 rings (SSSR count). The molecule has 1 aromatic heterocycles. The fourth-order valence-electron chi connectivity index (χ4n) is 3.66. The lowest BCUT2D eigenvalue weighted by Gasteiger charge is -2.47. The smallest absolute Gasteiger partial charge is 0.104 e. The SMILES string of the molecule is OCC#Cc1ccc(CN2CCC3(O)CCCCC3C2)s1. The van der Waals surface area contributed by atoms with E-state index in [0.29, 0.717) is 5.92 Å². The number of fused-ring (bicyclic) bond motifs is 1. The molecule has 1 saturated heterocycles. The van der Waals surface area contributed by atoms with Crippen LogP contribution < -0.4 is 0 Å². The third-order valence-corrected chi connectivity index (χ3v) is 5.83. The molecule has 4 heteroatoms. The Morgan fingerprint density at radius 1 is 1.33 bits per heavy atom. The molecule has 3 nitrogen and oxygen atoms in total. The number of likely N-dealkylation sites (tertiary alicyclic amines) is 1. The van der Waals surface area contributed by atoms with Crippen molar-refractivity contribution in [3.05, 3.63) is 21.9 Å². The van der Waals surface area contributed by atoms with Gasteiger partial charge in [-0.1, -0.05) is 24.7 Å². The number of nitrogens with zero attached hydrogens (tertiary/aromatic N) is 1. The highest BCUT2D eigenvalue weighted by atomic mass is 32.1. The van der Waals surface area contributed by atoms with Crippen LogP contribution in [0.2, 0.25) is 0 Å². The lowest BCUT2D eigenvalue weighted by atomic mass is 9.71.